The van der Waals surface area contributed by atoms with Gasteiger partial charge in [0.2, 0.25) is 0 Å². The Hall–Kier alpha value is -5.22. The van der Waals surface area contributed by atoms with Gasteiger partial charge in [-0.15, -0.1) is 0 Å². The molecule has 3 nitrogen and oxygen atoms in total. The van der Waals surface area contributed by atoms with Crippen LogP contribution in [-0.2, 0) is 6.42 Å². The summed E-state index contributed by atoms with van der Waals surface area (Å²) in [7, 11) is 0. The normalized spacial score (nSPS) is 13.6. The van der Waals surface area contributed by atoms with Gasteiger partial charge >= 0.3 is 0 Å². The number of ether oxygens (including phenoxy) is 2. The van der Waals surface area contributed by atoms with Crippen molar-refractivity contribution >= 4 is 40.2 Å². The van der Waals surface area contributed by atoms with Gasteiger partial charge in [-0.05, 0) is 81.7 Å². The third-order valence-corrected chi connectivity index (χ3v) is 8.58. The smallest absolute Gasteiger partial charge is 0.260 e. The Morgan fingerprint density at radius 3 is 1.83 bits per heavy atom. The van der Waals surface area contributed by atoms with Gasteiger partial charge in [0.05, 0.1) is 5.69 Å². The summed E-state index contributed by atoms with van der Waals surface area (Å²) < 4.78 is 13.1. The number of hydrogen-bond acceptors (Lipinski definition) is 3. The van der Waals surface area contributed by atoms with E-state index in [2.05, 4.69) is 126 Å². The molecule has 0 fully saturated rings. The lowest BCUT2D eigenvalue weighted by atomic mass is 9.35. The van der Waals surface area contributed by atoms with Gasteiger partial charge in [-0.3, -0.25) is 0 Å². The number of fused-ring (bicyclic) bond motifs is 6. The van der Waals surface area contributed by atoms with Gasteiger partial charge in [0.15, 0.2) is 0 Å². The molecule has 0 atom stereocenters. The van der Waals surface area contributed by atoms with Crippen molar-refractivity contribution in [2.45, 2.75) is 6.42 Å². The van der Waals surface area contributed by atoms with Gasteiger partial charge < -0.3 is 14.4 Å². The highest BCUT2D eigenvalue weighted by Crippen LogP contribution is 2.46. The maximum atomic E-state index is 6.56. The lowest BCUT2D eigenvalue weighted by Gasteiger charge is -2.34. The second-order valence-corrected chi connectivity index (χ2v) is 10.9. The summed E-state index contributed by atoms with van der Waals surface area (Å²) in [6.45, 7) is 0.0811. The summed E-state index contributed by atoms with van der Waals surface area (Å²) in [5.74, 6) is 3.53. The van der Waals surface area contributed by atoms with E-state index in [0.29, 0.717) is 0 Å². The zero-order chi connectivity index (χ0) is 26.9. The van der Waals surface area contributed by atoms with Crippen molar-refractivity contribution in [2.75, 3.05) is 4.90 Å². The Morgan fingerprint density at radius 2 is 1.10 bits per heavy atom. The van der Waals surface area contributed by atoms with Crippen LogP contribution in [0.15, 0.2) is 133 Å². The van der Waals surface area contributed by atoms with Crippen molar-refractivity contribution in [3.8, 4) is 34.1 Å². The average Bonchev–Trinajstić information content (AvgIpc) is 3.03. The monoisotopic (exact) mass is 525 g/mol. The molecule has 9 rings (SSSR count). The van der Waals surface area contributed by atoms with Gasteiger partial charge in [0.1, 0.15) is 23.0 Å². The van der Waals surface area contributed by atoms with Crippen molar-refractivity contribution < 1.29 is 9.47 Å². The highest BCUT2D eigenvalue weighted by atomic mass is 16.5. The van der Waals surface area contributed by atoms with Crippen LogP contribution >= 0.6 is 0 Å². The molecule has 0 spiro atoms. The van der Waals surface area contributed by atoms with E-state index in [1.165, 1.54) is 33.4 Å². The van der Waals surface area contributed by atoms with Crippen LogP contribution in [-0.4, -0.2) is 6.71 Å². The van der Waals surface area contributed by atoms with E-state index in [4.69, 9.17) is 9.47 Å². The summed E-state index contributed by atoms with van der Waals surface area (Å²) >= 11 is 0. The largest absolute Gasteiger partial charge is 0.458 e. The molecule has 0 aromatic heterocycles. The Balaban J connectivity index is 1.22. The van der Waals surface area contributed by atoms with Gasteiger partial charge in [-0.2, -0.15) is 0 Å². The highest BCUT2D eigenvalue weighted by molar-refractivity contribution is 6.98. The molecule has 0 amide bonds. The van der Waals surface area contributed by atoms with Gasteiger partial charge in [-0.1, -0.05) is 84.9 Å². The summed E-state index contributed by atoms with van der Waals surface area (Å²) in [5.41, 5.74) is 11.9. The topological polar surface area (TPSA) is 21.7 Å². The minimum atomic E-state index is 0.0811. The summed E-state index contributed by atoms with van der Waals surface area (Å²) in [4.78, 5) is 2.38. The zero-order valence-corrected chi connectivity index (χ0v) is 22.2. The van der Waals surface area contributed by atoms with E-state index >= 15 is 0 Å². The Labute approximate surface area is 239 Å². The maximum absolute atomic E-state index is 6.56. The van der Waals surface area contributed by atoms with E-state index in [-0.39, 0.29) is 6.71 Å². The first-order valence-electron chi connectivity index (χ1n) is 14.1. The molecule has 0 bridgehead atoms. The van der Waals surface area contributed by atoms with Crippen LogP contribution in [0.3, 0.4) is 0 Å². The molecule has 3 aliphatic rings. The number of anilines is 3. The number of para-hydroxylation sites is 4. The molecule has 192 valence electrons. The van der Waals surface area contributed by atoms with Crippen molar-refractivity contribution in [3.05, 3.63) is 145 Å². The third kappa shape index (κ3) is 3.41. The van der Waals surface area contributed by atoms with E-state index in [0.717, 1.165) is 51.7 Å². The lowest BCUT2D eigenvalue weighted by molar-refractivity contribution is 0.465. The number of rotatable bonds is 2. The Morgan fingerprint density at radius 1 is 0.488 bits per heavy atom. The lowest BCUT2D eigenvalue weighted by Crippen LogP contribution is -2.57. The first-order valence-corrected chi connectivity index (χ1v) is 14.1. The van der Waals surface area contributed by atoms with Crippen molar-refractivity contribution in [2.24, 2.45) is 0 Å². The SMILES string of the molecule is c1ccc(N2c3ccccc3Cc3ccc(-c4cc5c6c(c4)Oc4ccccc4B6c4ccccc4O5)cc32)cc1. The predicted molar refractivity (Wildman–Crippen MR) is 167 cm³/mol. The third-order valence-electron chi connectivity index (χ3n) is 8.58. The molecule has 0 N–H and O–H groups in total. The summed E-state index contributed by atoms with van der Waals surface area (Å²) in [6, 6.07) is 47.3. The fourth-order valence-corrected chi connectivity index (χ4v) is 6.73. The quantitative estimate of drug-likeness (QED) is 0.219. The number of benzene rings is 6. The predicted octanol–water partition coefficient (Wildman–Crippen LogP) is 7.46. The molecule has 0 aliphatic carbocycles. The van der Waals surface area contributed by atoms with E-state index in [9.17, 15) is 0 Å². The molecular weight excluding hydrogens is 501 g/mol. The Kier molecular flexibility index (Phi) is 4.76. The molecule has 0 saturated carbocycles. The molecule has 4 heteroatoms. The van der Waals surface area contributed by atoms with Crippen LogP contribution in [0, 0.1) is 0 Å². The maximum Gasteiger partial charge on any atom is 0.260 e. The molecular formula is C37H24BNO2. The minimum Gasteiger partial charge on any atom is -0.458 e. The molecule has 0 saturated heterocycles. The molecule has 6 aromatic rings. The van der Waals surface area contributed by atoms with E-state index < -0.39 is 0 Å². The molecule has 6 aromatic carbocycles. The second-order valence-electron chi connectivity index (χ2n) is 10.9. The fourth-order valence-electron chi connectivity index (χ4n) is 6.73. The standard InChI is InChI=1S/C37H24BNO2/c1-2-11-28(12-3-1)39-31-15-7-4-10-25(31)20-26-19-18-24(21-32(26)39)27-22-35-37-36(23-27)41-34-17-9-6-14-30(34)38(37)29-13-5-8-16-33(29)40-35/h1-19,21-23H,20H2. The number of nitrogens with zero attached hydrogens (tertiary/aromatic N) is 1. The van der Waals surface area contributed by atoms with Crippen LogP contribution in [0.4, 0.5) is 17.1 Å². The van der Waals surface area contributed by atoms with Crippen LogP contribution < -0.4 is 30.8 Å². The van der Waals surface area contributed by atoms with Crippen molar-refractivity contribution in [3.63, 3.8) is 0 Å². The van der Waals surface area contributed by atoms with Crippen LogP contribution in [0.1, 0.15) is 11.1 Å². The van der Waals surface area contributed by atoms with Crippen molar-refractivity contribution in [1.29, 1.82) is 0 Å². The Bertz CT molecular complexity index is 1930. The van der Waals surface area contributed by atoms with Crippen LogP contribution in [0.2, 0.25) is 0 Å². The molecule has 3 heterocycles. The highest BCUT2D eigenvalue weighted by Gasteiger charge is 2.40. The zero-order valence-electron chi connectivity index (χ0n) is 22.2. The van der Waals surface area contributed by atoms with Gasteiger partial charge in [0.25, 0.3) is 6.71 Å². The summed E-state index contributed by atoms with van der Waals surface area (Å²) in [5, 5.41) is 0. The minimum absolute atomic E-state index is 0.0811. The number of hydrogen-bond donors (Lipinski definition) is 0. The molecule has 0 radical (unpaired) electrons. The second kappa shape index (κ2) is 8.64. The molecule has 41 heavy (non-hydrogen) atoms. The average molecular weight is 525 g/mol. The van der Waals surface area contributed by atoms with Crippen LogP contribution in [0.5, 0.6) is 23.0 Å². The fraction of sp³-hybridized carbons (Fsp3) is 0.0270. The van der Waals surface area contributed by atoms with Gasteiger partial charge in [0, 0.05) is 23.3 Å². The molecule has 0 unspecified atom stereocenters. The van der Waals surface area contributed by atoms with Crippen LogP contribution in [0.25, 0.3) is 11.1 Å². The van der Waals surface area contributed by atoms with Gasteiger partial charge in [-0.25, -0.2) is 0 Å². The van der Waals surface area contributed by atoms with E-state index in [1.807, 2.05) is 12.1 Å². The van der Waals surface area contributed by atoms with Crippen molar-refractivity contribution in [1.82, 2.24) is 0 Å². The first-order chi connectivity index (χ1) is 20.3. The van der Waals surface area contributed by atoms with E-state index in [1.54, 1.807) is 0 Å². The first kappa shape index (κ1) is 22.6. The molecule has 3 aliphatic heterocycles. The summed E-state index contributed by atoms with van der Waals surface area (Å²) in [6.07, 6.45) is 0.909.